The van der Waals surface area contributed by atoms with Gasteiger partial charge in [0.05, 0.1) is 22.6 Å². The van der Waals surface area contributed by atoms with Gasteiger partial charge in [-0.15, -0.1) is 0 Å². The van der Waals surface area contributed by atoms with E-state index in [1.165, 1.54) is 13.2 Å². The third-order valence-corrected chi connectivity index (χ3v) is 6.75. The lowest BCUT2D eigenvalue weighted by Crippen LogP contribution is -2.50. The van der Waals surface area contributed by atoms with Crippen molar-refractivity contribution in [3.05, 3.63) is 31.8 Å². The van der Waals surface area contributed by atoms with E-state index in [1.54, 1.807) is 6.92 Å². The molecule has 34 heavy (non-hydrogen) atoms. The van der Waals surface area contributed by atoms with Crippen LogP contribution in [-0.4, -0.2) is 41.5 Å². The molecule has 0 radical (unpaired) electrons. The van der Waals surface area contributed by atoms with E-state index in [1.807, 2.05) is 27.7 Å². The van der Waals surface area contributed by atoms with Gasteiger partial charge in [0.25, 0.3) is 5.69 Å². The average Bonchev–Trinajstić information content (AvgIpc) is 2.70. The maximum Gasteiger partial charge on any atom is 0.407 e. The first kappa shape index (κ1) is 26.2. The van der Waals surface area contributed by atoms with E-state index in [0.717, 1.165) is 25.7 Å². The second kappa shape index (κ2) is 9.69. The summed E-state index contributed by atoms with van der Waals surface area (Å²) < 4.78 is 22.8. The van der Waals surface area contributed by atoms with Crippen LogP contribution in [-0.2, 0) is 14.2 Å². The zero-order valence-corrected chi connectivity index (χ0v) is 21.8. The molecule has 1 aromatic carbocycles. The Kier molecular flexibility index (Phi) is 7.47. The highest BCUT2D eigenvalue weighted by Gasteiger charge is 2.47. The molecule has 3 rings (SSSR count). The third-order valence-electron chi connectivity index (χ3n) is 6.15. The van der Waals surface area contributed by atoms with Crippen LogP contribution in [0.2, 0.25) is 0 Å². The number of carbonyl (C=O) groups is 2. The number of fused-ring (bicyclic) bond motifs is 1. The average molecular weight is 543 g/mol. The highest BCUT2D eigenvalue weighted by atomic mass is 79.9. The van der Waals surface area contributed by atoms with Crippen molar-refractivity contribution in [3.63, 3.8) is 0 Å². The molecular weight excluding hydrogens is 512 g/mol. The fourth-order valence-corrected chi connectivity index (χ4v) is 5.23. The van der Waals surface area contributed by atoms with Crippen LogP contribution in [0.4, 0.5) is 10.5 Å². The molecule has 0 aromatic heterocycles. The molecule has 1 heterocycles. The molecule has 1 N–H and O–H groups in total. The summed E-state index contributed by atoms with van der Waals surface area (Å²) in [5, 5.41) is 14.6. The molecule has 1 unspecified atom stereocenters. The van der Waals surface area contributed by atoms with Crippen molar-refractivity contribution in [1.29, 1.82) is 0 Å². The van der Waals surface area contributed by atoms with Crippen LogP contribution in [0, 0.1) is 16.0 Å². The number of carbonyl (C=O) groups excluding carboxylic acids is 2. The fourth-order valence-electron chi connectivity index (χ4n) is 4.67. The van der Waals surface area contributed by atoms with Crippen LogP contribution in [0.3, 0.4) is 0 Å². The quantitative estimate of drug-likeness (QED) is 0.303. The molecule has 0 saturated heterocycles. The van der Waals surface area contributed by atoms with Gasteiger partial charge < -0.3 is 24.3 Å². The zero-order valence-electron chi connectivity index (χ0n) is 20.2. The van der Waals surface area contributed by atoms with Gasteiger partial charge in [-0.25, -0.2) is 9.59 Å². The number of methoxy groups -OCH3 is 1. The molecule has 1 aromatic rings. The van der Waals surface area contributed by atoms with Crippen molar-refractivity contribution in [2.24, 2.45) is 5.92 Å². The molecule has 2 atom stereocenters. The number of alkyl carbamates (subject to hydrolysis) is 1. The Labute approximate surface area is 206 Å². The van der Waals surface area contributed by atoms with Gasteiger partial charge in [-0.2, -0.15) is 0 Å². The molecule has 0 bridgehead atoms. The predicted octanol–water partition coefficient (Wildman–Crippen LogP) is 5.41. The number of rotatable bonds is 4. The number of halogens is 1. The van der Waals surface area contributed by atoms with Gasteiger partial charge in [-0.3, -0.25) is 10.1 Å². The Bertz CT molecular complexity index is 984. The maximum atomic E-state index is 12.5. The molecule has 1 fully saturated rings. The lowest BCUT2D eigenvalue weighted by atomic mass is 9.80. The predicted molar refractivity (Wildman–Crippen MR) is 126 cm³/mol. The minimum absolute atomic E-state index is 0.00859. The number of hydrogen-bond donors (Lipinski definition) is 1. The van der Waals surface area contributed by atoms with Crippen LogP contribution in [0.25, 0.3) is 0 Å². The van der Waals surface area contributed by atoms with Gasteiger partial charge in [0.15, 0.2) is 0 Å². The summed E-state index contributed by atoms with van der Waals surface area (Å²) in [7, 11) is 1.17. The van der Waals surface area contributed by atoms with Crippen LogP contribution in [0.5, 0.6) is 5.75 Å². The minimum Gasteiger partial charge on any atom is -0.465 e. The van der Waals surface area contributed by atoms with Gasteiger partial charge >= 0.3 is 12.1 Å². The molecule has 1 saturated carbocycles. The van der Waals surface area contributed by atoms with E-state index in [2.05, 4.69) is 21.2 Å². The molecule has 1 aliphatic carbocycles. The number of nitrogens with zero attached hydrogens (tertiary/aromatic N) is 1. The summed E-state index contributed by atoms with van der Waals surface area (Å²) >= 11 is 3.21. The van der Waals surface area contributed by atoms with Crippen molar-refractivity contribution >= 4 is 33.7 Å². The van der Waals surface area contributed by atoms with Crippen molar-refractivity contribution in [1.82, 2.24) is 5.32 Å². The maximum absolute atomic E-state index is 12.5. The SMILES string of the molecule is COC(=O)c1c2c(cc(Br)c1[N+](=O)[O-])O[C@@](C)(C1CCC(NC(=O)OC(C)(C)C)CC1)OC2C. The first-order valence-corrected chi connectivity index (χ1v) is 12.0. The van der Waals surface area contributed by atoms with Crippen LogP contribution in [0.15, 0.2) is 10.5 Å². The normalized spacial score (nSPS) is 26.6. The van der Waals surface area contributed by atoms with Crippen LogP contribution >= 0.6 is 15.9 Å². The van der Waals surface area contributed by atoms with Crippen LogP contribution < -0.4 is 10.1 Å². The van der Waals surface area contributed by atoms with Crippen LogP contribution in [0.1, 0.15) is 82.3 Å². The number of ether oxygens (including phenoxy) is 4. The van der Waals surface area contributed by atoms with Crippen molar-refractivity contribution in [2.75, 3.05) is 7.11 Å². The molecule has 1 amide bonds. The summed E-state index contributed by atoms with van der Waals surface area (Å²) in [5.41, 5.74) is -0.841. The number of hydrogen-bond acceptors (Lipinski definition) is 8. The van der Waals surface area contributed by atoms with E-state index in [9.17, 15) is 19.7 Å². The van der Waals surface area contributed by atoms with Crippen molar-refractivity contribution in [2.45, 2.75) is 83.8 Å². The third kappa shape index (κ3) is 5.46. The Hall–Kier alpha value is -2.40. The Morgan fingerprint density at radius 3 is 2.41 bits per heavy atom. The standard InChI is InChI=1S/C23H31BrN2O8/c1-12-17-16(11-15(24)19(26(29)30)18(17)20(27)31-6)33-23(5,32-12)13-7-9-14(10-8-13)25-21(28)34-22(2,3)4/h11-14H,7-10H2,1-6H3,(H,25,28)/t12?,13?,14?,23-/m0/s1. The van der Waals surface area contributed by atoms with Gasteiger partial charge in [0.1, 0.15) is 16.9 Å². The van der Waals surface area contributed by atoms with Gasteiger partial charge in [0.2, 0.25) is 5.79 Å². The Morgan fingerprint density at radius 2 is 1.88 bits per heavy atom. The molecule has 2 aliphatic rings. The number of nitrogens with one attached hydrogen (secondary N) is 1. The largest absolute Gasteiger partial charge is 0.465 e. The molecule has 10 nitrogen and oxygen atoms in total. The number of nitro groups is 1. The zero-order chi connectivity index (χ0) is 25.4. The molecule has 0 spiro atoms. The van der Waals surface area contributed by atoms with E-state index in [0.29, 0.717) is 11.3 Å². The van der Waals surface area contributed by atoms with E-state index in [-0.39, 0.29) is 27.7 Å². The fraction of sp³-hybridized carbons (Fsp3) is 0.652. The molecule has 188 valence electrons. The lowest BCUT2D eigenvalue weighted by Gasteiger charge is -2.46. The lowest BCUT2D eigenvalue weighted by molar-refractivity contribution is -0.386. The first-order valence-electron chi connectivity index (χ1n) is 11.2. The summed E-state index contributed by atoms with van der Waals surface area (Å²) in [6, 6.07) is 1.50. The second-order valence-corrected chi connectivity index (χ2v) is 10.7. The highest BCUT2D eigenvalue weighted by molar-refractivity contribution is 9.10. The van der Waals surface area contributed by atoms with Crippen molar-refractivity contribution < 1.29 is 33.5 Å². The Morgan fingerprint density at radius 1 is 1.26 bits per heavy atom. The number of esters is 1. The van der Waals surface area contributed by atoms with E-state index >= 15 is 0 Å². The molecule has 11 heteroatoms. The van der Waals surface area contributed by atoms with Crippen molar-refractivity contribution in [3.8, 4) is 5.75 Å². The number of benzene rings is 1. The van der Waals surface area contributed by atoms with Gasteiger partial charge in [0, 0.05) is 30.5 Å². The number of amides is 1. The molecule has 1 aliphatic heterocycles. The van der Waals surface area contributed by atoms with E-state index < -0.39 is 34.5 Å². The Balaban J connectivity index is 1.80. The first-order chi connectivity index (χ1) is 15.8. The topological polar surface area (TPSA) is 126 Å². The summed E-state index contributed by atoms with van der Waals surface area (Å²) in [6.45, 7) is 9.03. The second-order valence-electron chi connectivity index (χ2n) is 9.82. The van der Waals surface area contributed by atoms with Gasteiger partial charge in [-0.05, 0) is 69.3 Å². The van der Waals surface area contributed by atoms with Gasteiger partial charge in [-0.1, -0.05) is 0 Å². The highest BCUT2D eigenvalue weighted by Crippen LogP contribution is 2.50. The summed E-state index contributed by atoms with van der Waals surface area (Å²) in [6.07, 6.45) is 1.84. The monoisotopic (exact) mass is 542 g/mol. The smallest absolute Gasteiger partial charge is 0.407 e. The minimum atomic E-state index is -1.01. The molecular formula is C23H31BrN2O8. The summed E-state index contributed by atoms with van der Waals surface area (Å²) in [4.78, 5) is 35.6. The summed E-state index contributed by atoms with van der Waals surface area (Å²) in [5.74, 6) is -1.49. The van der Waals surface area contributed by atoms with E-state index in [4.69, 9.17) is 18.9 Å². The number of nitro benzene ring substituents is 1.